The van der Waals surface area contributed by atoms with E-state index in [1.165, 1.54) is 12.1 Å². The second-order valence-corrected chi connectivity index (χ2v) is 4.40. The summed E-state index contributed by atoms with van der Waals surface area (Å²) in [5.41, 5.74) is -0.0755. The molecule has 1 amide bonds. The van der Waals surface area contributed by atoms with Gasteiger partial charge in [-0.15, -0.1) is 0 Å². The molecule has 0 spiro atoms. The van der Waals surface area contributed by atoms with Crippen molar-refractivity contribution in [1.29, 1.82) is 0 Å². The number of carboxylic acids is 1. The maximum absolute atomic E-state index is 13.1. The summed E-state index contributed by atoms with van der Waals surface area (Å²) in [6.07, 6.45) is 0. The van der Waals surface area contributed by atoms with Gasteiger partial charge >= 0.3 is 5.97 Å². The van der Waals surface area contributed by atoms with Gasteiger partial charge in [-0.2, -0.15) is 5.10 Å². The largest absolute Gasteiger partial charge is 0.477 e. The fourth-order valence-corrected chi connectivity index (χ4v) is 1.78. The van der Waals surface area contributed by atoms with E-state index in [1.807, 2.05) is 0 Å². The summed E-state index contributed by atoms with van der Waals surface area (Å²) in [6.45, 7) is 0. The van der Waals surface area contributed by atoms with Crippen molar-refractivity contribution in [2.24, 2.45) is 0 Å². The van der Waals surface area contributed by atoms with Gasteiger partial charge in [0.2, 0.25) is 0 Å². The highest BCUT2D eigenvalue weighted by Gasteiger charge is 2.14. The lowest BCUT2D eigenvalue weighted by molar-refractivity contribution is 0.0690. The Morgan fingerprint density at radius 3 is 2.74 bits per heavy atom. The summed E-state index contributed by atoms with van der Waals surface area (Å²) < 4.78 is 13.5. The number of rotatable bonds is 3. The Labute approximate surface area is 114 Å². The fraction of sp³-hybridized carbons (Fsp3) is 0. The van der Waals surface area contributed by atoms with Crippen LogP contribution in [0.1, 0.15) is 20.8 Å². The van der Waals surface area contributed by atoms with Crippen LogP contribution < -0.4 is 5.32 Å². The molecule has 1 heterocycles. The van der Waals surface area contributed by atoms with Crippen molar-refractivity contribution in [1.82, 2.24) is 10.2 Å². The monoisotopic (exact) mass is 327 g/mol. The zero-order valence-corrected chi connectivity index (χ0v) is 10.9. The number of nitrogens with zero attached hydrogens (tertiary/aromatic N) is 1. The zero-order chi connectivity index (χ0) is 14.0. The molecule has 0 saturated heterocycles. The Kier molecular flexibility index (Phi) is 3.61. The predicted molar refractivity (Wildman–Crippen MR) is 67.6 cm³/mol. The number of nitrogens with one attached hydrogen (secondary N) is 2. The normalized spacial score (nSPS) is 10.2. The summed E-state index contributed by atoms with van der Waals surface area (Å²) in [6, 6.07) is 4.83. The van der Waals surface area contributed by atoms with Crippen LogP contribution in [-0.2, 0) is 0 Å². The Bertz CT molecular complexity index is 656. The van der Waals surface area contributed by atoms with Gasteiger partial charge in [0.25, 0.3) is 5.91 Å². The molecule has 98 valence electrons. The maximum atomic E-state index is 13.1. The van der Waals surface area contributed by atoms with E-state index in [2.05, 4.69) is 31.4 Å². The molecule has 0 bridgehead atoms. The number of carboxylic acid groups (broad SMARTS) is 1. The molecule has 0 saturated carbocycles. The number of hydrogen-bond acceptors (Lipinski definition) is 3. The standard InChI is InChI=1S/C11H7BrFN3O3/c12-7-2-1-5(13)3-6(7)10(17)14-9-4-8(11(18)19)15-16-9/h1-4H,(H,18,19)(H2,14,15,16,17). The van der Waals surface area contributed by atoms with Crippen molar-refractivity contribution in [2.45, 2.75) is 0 Å². The van der Waals surface area contributed by atoms with Crippen molar-refractivity contribution in [3.8, 4) is 0 Å². The number of aromatic amines is 1. The van der Waals surface area contributed by atoms with Gasteiger partial charge < -0.3 is 10.4 Å². The van der Waals surface area contributed by atoms with Gasteiger partial charge in [0, 0.05) is 10.5 Å². The van der Waals surface area contributed by atoms with E-state index in [4.69, 9.17) is 5.11 Å². The summed E-state index contributed by atoms with van der Waals surface area (Å²) in [7, 11) is 0. The molecule has 0 fully saturated rings. The maximum Gasteiger partial charge on any atom is 0.353 e. The summed E-state index contributed by atoms with van der Waals surface area (Å²) in [5.74, 6) is -2.31. The molecule has 19 heavy (non-hydrogen) atoms. The number of amides is 1. The van der Waals surface area contributed by atoms with Gasteiger partial charge in [0.15, 0.2) is 5.82 Å². The molecule has 1 aromatic heterocycles. The van der Waals surface area contributed by atoms with Crippen molar-refractivity contribution in [3.63, 3.8) is 0 Å². The predicted octanol–water partition coefficient (Wildman–Crippen LogP) is 2.26. The first-order valence-corrected chi connectivity index (χ1v) is 5.82. The van der Waals surface area contributed by atoms with Crippen LogP contribution in [0.4, 0.5) is 10.2 Å². The van der Waals surface area contributed by atoms with Crippen LogP contribution in [0.15, 0.2) is 28.7 Å². The molecule has 3 N–H and O–H groups in total. The minimum atomic E-state index is -1.19. The first-order valence-electron chi connectivity index (χ1n) is 5.02. The van der Waals surface area contributed by atoms with Crippen molar-refractivity contribution in [3.05, 3.63) is 45.8 Å². The zero-order valence-electron chi connectivity index (χ0n) is 9.28. The highest BCUT2D eigenvalue weighted by Crippen LogP contribution is 2.19. The molecule has 2 aromatic rings. The van der Waals surface area contributed by atoms with E-state index in [0.29, 0.717) is 4.47 Å². The molecule has 6 nitrogen and oxygen atoms in total. The molecule has 0 aliphatic carbocycles. The summed E-state index contributed by atoms with van der Waals surface area (Å²) in [4.78, 5) is 22.5. The SMILES string of the molecule is O=C(O)c1cc(NC(=O)c2cc(F)ccc2Br)n[nH]1. The number of carbonyl (C=O) groups excluding carboxylic acids is 1. The van der Waals surface area contributed by atoms with E-state index < -0.39 is 17.7 Å². The highest BCUT2D eigenvalue weighted by atomic mass is 79.9. The number of aromatic carboxylic acids is 1. The molecule has 0 atom stereocenters. The van der Waals surface area contributed by atoms with E-state index in [1.54, 1.807) is 0 Å². The van der Waals surface area contributed by atoms with Gasteiger partial charge in [-0.25, -0.2) is 9.18 Å². The Hall–Kier alpha value is -2.22. The van der Waals surface area contributed by atoms with E-state index in [9.17, 15) is 14.0 Å². The average molecular weight is 328 g/mol. The third-order valence-corrected chi connectivity index (χ3v) is 2.91. The lowest BCUT2D eigenvalue weighted by Crippen LogP contribution is -2.13. The Morgan fingerprint density at radius 2 is 2.11 bits per heavy atom. The minimum absolute atomic E-state index is 0.0403. The van der Waals surface area contributed by atoms with Crippen molar-refractivity contribution in [2.75, 3.05) is 5.32 Å². The number of anilines is 1. The lowest BCUT2D eigenvalue weighted by Gasteiger charge is -2.04. The number of halogens is 2. The van der Waals surface area contributed by atoms with E-state index in [-0.39, 0.29) is 17.1 Å². The number of aromatic nitrogens is 2. The molecular weight excluding hydrogens is 321 g/mol. The van der Waals surface area contributed by atoms with Gasteiger partial charge in [0.1, 0.15) is 11.5 Å². The van der Waals surface area contributed by atoms with Gasteiger partial charge in [-0.05, 0) is 34.1 Å². The molecule has 0 unspecified atom stereocenters. The average Bonchev–Trinajstić information content (AvgIpc) is 2.80. The molecule has 0 aliphatic heterocycles. The van der Waals surface area contributed by atoms with Gasteiger partial charge in [0.05, 0.1) is 5.56 Å². The molecule has 1 aromatic carbocycles. The minimum Gasteiger partial charge on any atom is -0.477 e. The van der Waals surface area contributed by atoms with Crippen LogP contribution in [-0.4, -0.2) is 27.2 Å². The molecular formula is C11H7BrFN3O3. The van der Waals surface area contributed by atoms with Crippen LogP contribution in [0.2, 0.25) is 0 Å². The molecule has 2 rings (SSSR count). The third kappa shape index (κ3) is 2.97. The van der Waals surface area contributed by atoms with Crippen LogP contribution in [0.5, 0.6) is 0 Å². The lowest BCUT2D eigenvalue weighted by atomic mass is 10.2. The molecule has 0 radical (unpaired) electrons. The first kappa shape index (κ1) is 13.2. The van der Waals surface area contributed by atoms with Gasteiger partial charge in [-0.1, -0.05) is 0 Å². The van der Waals surface area contributed by atoms with Gasteiger partial charge in [-0.3, -0.25) is 9.89 Å². The van der Waals surface area contributed by atoms with Crippen LogP contribution in [0, 0.1) is 5.82 Å². The van der Waals surface area contributed by atoms with Crippen molar-refractivity contribution >= 4 is 33.6 Å². The third-order valence-electron chi connectivity index (χ3n) is 2.22. The van der Waals surface area contributed by atoms with E-state index in [0.717, 1.165) is 12.1 Å². The van der Waals surface area contributed by atoms with Crippen LogP contribution in [0.3, 0.4) is 0 Å². The Morgan fingerprint density at radius 1 is 1.37 bits per heavy atom. The number of benzene rings is 1. The number of carbonyl (C=O) groups is 2. The van der Waals surface area contributed by atoms with E-state index >= 15 is 0 Å². The fourth-order valence-electron chi connectivity index (χ4n) is 1.35. The quantitative estimate of drug-likeness (QED) is 0.805. The second kappa shape index (κ2) is 5.19. The Balaban J connectivity index is 2.20. The van der Waals surface area contributed by atoms with Crippen molar-refractivity contribution < 1.29 is 19.1 Å². The topological polar surface area (TPSA) is 95.1 Å². The summed E-state index contributed by atoms with van der Waals surface area (Å²) >= 11 is 3.12. The number of H-pyrrole nitrogens is 1. The highest BCUT2D eigenvalue weighted by molar-refractivity contribution is 9.10. The van der Waals surface area contributed by atoms with Crippen LogP contribution >= 0.6 is 15.9 Å². The molecule has 0 aliphatic rings. The summed E-state index contributed by atoms with van der Waals surface area (Å²) in [5, 5.41) is 16.9. The smallest absolute Gasteiger partial charge is 0.353 e. The second-order valence-electron chi connectivity index (χ2n) is 3.55. The first-order chi connectivity index (χ1) is 8.97. The molecule has 8 heteroatoms. The van der Waals surface area contributed by atoms with Crippen LogP contribution in [0.25, 0.3) is 0 Å². The number of hydrogen-bond donors (Lipinski definition) is 3.